The Labute approximate surface area is 185 Å². The summed E-state index contributed by atoms with van der Waals surface area (Å²) in [6.07, 6.45) is 6.44. The summed E-state index contributed by atoms with van der Waals surface area (Å²) >= 11 is 1.62. The summed E-state index contributed by atoms with van der Waals surface area (Å²) in [5, 5.41) is 17.1. The Morgan fingerprint density at radius 2 is 2.00 bits per heavy atom. The summed E-state index contributed by atoms with van der Waals surface area (Å²) in [5.41, 5.74) is 2.83. The maximum absolute atomic E-state index is 12.5. The first-order valence-electron chi connectivity index (χ1n) is 10.5. The molecular weight excluding hydrogens is 412 g/mol. The summed E-state index contributed by atoms with van der Waals surface area (Å²) in [6.45, 7) is 0.874. The predicted molar refractivity (Wildman–Crippen MR) is 122 cm³/mol. The highest BCUT2D eigenvalue weighted by Gasteiger charge is 2.18. The summed E-state index contributed by atoms with van der Waals surface area (Å²) in [5.74, 6) is -0.0627. The SMILES string of the molecule is CSc1cccc(NC(=O)NCCn2nnc3cc(C(=O)NC4CCCC4)ccc32)c1. The van der Waals surface area contributed by atoms with Crippen LogP contribution < -0.4 is 16.0 Å². The minimum Gasteiger partial charge on any atom is -0.349 e. The van der Waals surface area contributed by atoms with Gasteiger partial charge in [0.25, 0.3) is 5.91 Å². The Morgan fingerprint density at radius 3 is 2.81 bits per heavy atom. The van der Waals surface area contributed by atoms with Crippen LogP contribution in [0.2, 0.25) is 0 Å². The van der Waals surface area contributed by atoms with Crippen molar-refractivity contribution in [3.63, 3.8) is 0 Å². The third kappa shape index (κ3) is 5.35. The molecule has 162 valence electrons. The highest BCUT2D eigenvalue weighted by Crippen LogP contribution is 2.20. The first kappa shape index (κ1) is 21.2. The van der Waals surface area contributed by atoms with Crippen LogP contribution in [-0.2, 0) is 6.54 Å². The number of rotatable bonds is 7. The second kappa shape index (κ2) is 9.82. The molecule has 0 bridgehead atoms. The van der Waals surface area contributed by atoms with Crippen molar-refractivity contribution >= 4 is 40.4 Å². The van der Waals surface area contributed by atoms with Crippen LogP contribution in [0.25, 0.3) is 11.0 Å². The number of aromatic nitrogens is 3. The molecule has 4 rings (SSSR count). The van der Waals surface area contributed by atoms with Crippen LogP contribution in [0.15, 0.2) is 47.4 Å². The van der Waals surface area contributed by atoms with Gasteiger partial charge in [0.2, 0.25) is 0 Å². The van der Waals surface area contributed by atoms with Gasteiger partial charge < -0.3 is 16.0 Å². The molecule has 1 heterocycles. The number of thioether (sulfide) groups is 1. The van der Waals surface area contributed by atoms with Crippen molar-refractivity contribution in [3.8, 4) is 0 Å². The normalized spacial score (nSPS) is 14.0. The summed E-state index contributed by atoms with van der Waals surface area (Å²) < 4.78 is 1.72. The number of benzene rings is 2. The number of nitrogens with zero attached hydrogens (tertiary/aromatic N) is 3. The van der Waals surface area contributed by atoms with Gasteiger partial charge in [-0.3, -0.25) is 4.79 Å². The minimum atomic E-state index is -0.270. The maximum Gasteiger partial charge on any atom is 0.319 e. The standard InChI is InChI=1S/C22H26N6O2S/c1-31-18-8-4-7-17(14-18)25-22(30)23-11-12-28-20-10-9-15(13-19(20)26-27-28)21(29)24-16-5-2-3-6-16/h4,7-10,13-14,16H,2-3,5-6,11-12H2,1H3,(H,24,29)(H2,23,25,30). The lowest BCUT2D eigenvalue weighted by atomic mass is 10.1. The predicted octanol–water partition coefficient (Wildman–Crippen LogP) is 3.65. The van der Waals surface area contributed by atoms with Gasteiger partial charge in [-0.15, -0.1) is 16.9 Å². The Balaban J connectivity index is 1.31. The van der Waals surface area contributed by atoms with E-state index in [1.54, 1.807) is 28.6 Å². The zero-order valence-electron chi connectivity index (χ0n) is 17.4. The van der Waals surface area contributed by atoms with Gasteiger partial charge >= 0.3 is 6.03 Å². The smallest absolute Gasteiger partial charge is 0.319 e. The number of fused-ring (bicyclic) bond motifs is 1. The summed E-state index contributed by atoms with van der Waals surface area (Å²) in [4.78, 5) is 25.7. The van der Waals surface area contributed by atoms with E-state index in [2.05, 4.69) is 26.3 Å². The molecule has 1 aliphatic rings. The van der Waals surface area contributed by atoms with Crippen LogP contribution in [0.4, 0.5) is 10.5 Å². The molecule has 0 unspecified atom stereocenters. The van der Waals surface area contributed by atoms with Crippen molar-refractivity contribution < 1.29 is 9.59 Å². The van der Waals surface area contributed by atoms with Crippen molar-refractivity contribution in [2.24, 2.45) is 0 Å². The van der Waals surface area contributed by atoms with E-state index < -0.39 is 0 Å². The molecule has 0 radical (unpaired) electrons. The molecule has 1 fully saturated rings. The van der Waals surface area contributed by atoms with E-state index in [4.69, 9.17) is 0 Å². The van der Waals surface area contributed by atoms with E-state index in [1.807, 2.05) is 36.6 Å². The third-order valence-electron chi connectivity index (χ3n) is 5.40. The van der Waals surface area contributed by atoms with Crippen molar-refractivity contribution in [2.45, 2.75) is 43.2 Å². The Morgan fingerprint density at radius 1 is 1.16 bits per heavy atom. The molecule has 0 atom stereocenters. The number of urea groups is 1. The molecule has 1 aliphatic carbocycles. The zero-order valence-corrected chi connectivity index (χ0v) is 18.2. The molecule has 3 amide bonds. The third-order valence-corrected chi connectivity index (χ3v) is 6.13. The number of anilines is 1. The van der Waals surface area contributed by atoms with Gasteiger partial charge in [0.15, 0.2) is 0 Å². The number of nitrogens with one attached hydrogen (secondary N) is 3. The van der Waals surface area contributed by atoms with Crippen LogP contribution in [0.3, 0.4) is 0 Å². The van der Waals surface area contributed by atoms with Gasteiger partial charge in [-0.1, -0.05) is 24.1 Å². The molecule has 1 saturated carbocycles. The van der Waals surface area contributed by atoms with E-state index >= 15 is 0 Å². The van der Waals surface area contributed by atoms with Gasteiger partial charge in [-0.05, 0) is 55.5 Å². The second-order valence-corrected chi connectivity index (χ2v) is 8.46. The molecule has 1 aromatic heterocycles. The van der Waals surface area contributed by atoms with Crippen LogP contribution in [0, 0.1) is 0 Å². The molecule has 8 nitrogen and oxygen atoms in total. The Kier molecular flexibility index (Phi) is 6.71. The zero-order chi connectivity index (χ0) is 21.6. The first-order valence-corrected chi connectivity index (χ1v) is 11.7. The van der Waals surface area contributed by atoms with Gasteiger partial charge in [-0.25, -0.2) is 9.48 Å². The lowest BCUT2D eigenvalue weighted by molar-refractivity contribution is 0.0938. The largest absolute Gasteiger partial charge is 0.349 e. The first-order chi connectivity index (χ1) is 15.1. The summed E-state index contributed by atoms with van der Waals surface area (Å²) in [7, 11) is 0. The number of carbonyl (C=O) groups excluding carboxylic acids is 2. The number of hydrogen-bond donors (Lipinski definition) is 3. The van der Waals surface area contributed by atoms with E-state index in [-0.39, 0.29) is 18.0 Å². The van der Waals surface area contributed by atoms with E-state index in [9.17, 15) is 9.59 Å². The molecule has 3 N–H and O–H groups in total. The van der Waals surface area contributed by atoms with Crippen molar-refractivity contribution in [1.29, 1.82) is 0 Å². The fourth-order valence-corrected chi connectivity index (χ4v) is 4.23. The molecule has 31 heavy (non-hydrogen) atoms. The van der Waals surface area contributed by atoms with Crippen LogP contribution in [0.5, 0.6) is 0 Å². The fraction of sp³-hybridized carbons (Fsp3) is 0.364. The van der Waals surface area contributed by atoms with Crippen molar-refractivity contribution in [2.75, 3.05) is 18.1 Å². The van der Waals surface area contributed by atoms with E-state index in [0.717, 1.165) is 28.9 Å². The summed E-state index contributed by atoms with van der Waals surface area (Å²) in [6, 6.07) is 13.1. The molecular formula is C22H26N6O2S. The maximum atomic E-state index is 12.5. The van der Waals surface area contributed by atoms with Crippen LogP contribution in [0.1, 0.15) is 36.0 Å². The number of amides is 3. The lowest BCUT2D eigenvalue weighted by Crippen LogP contribution is -2.32. The second-order valence-electron chi connectivity index (χ2n) is 7.58. The number of hydrogen-bond acceptors (Lipinski definition) is 5. The Hall–Kier alpha value is -3.07. The highest BCUT2D eigenvalue weighted by atomic mass is 32.2. The topological polar surface area (TPSA) is 101 Å². The van der Waals surface area contributed by atoms with Gasteiger partial charge in [0.05, 0.1) is 12.1 Å². The molecule has 0 saturated heterocycles. The molecule has 0 aliphatic heterocycles. The Bertz CT molecular complexity index is 1080. The highest BCUT2D eigenvalue weighted by molar-refractivity contribution is 7.98. The molecule has 3 aromatic rings. The lowest BCUT2D eigenvalue weighted by Gasteiger charge is -2.11. The van der Waals surface area contributed by atoms with Crippen molar-refractivity contribution in [1.82, 2.24) is 25.6 Å². The average Bonchev–Trinajstić information content (AvgIpc) is 3.43. The average molecular weight is 439 g/mol. The van der Waals surface area contributed by atoms with E-state index in [1.165, 1.54) is 12.8 Å². The van der Waals surface area contributed by atoms with Gasteiger partial charge in [0, 0.05) is 28.7 Å². The van der Waals surface area contributed by atoms with Crippen molar-refractivity contribution in [3.05, 3.63) is 48.0 Å². The minimum absolute atomic E-state index is 0.0627. The van der Waals surface area contributed by atoms with Crippen LogP contribution >= 0.6 is 11.8 Å². The van der Waals surface area contributed by atoms with Crippen LogP contribution in [-0.4, -0.2) is 45.8 Å². The molecule has 2 aromatic carbocycles. The van der Waals surface area contributed by atoms with Gasteiger partial charge in [-0.2, -0.15) is 0 Å². The fourth-order valence-electron chi connectivity index (χ4n) is 3.77. The van der Waals surface area contributed by atoms with E-state index in [0.29, 0.717) is 24.2 Å². The quantitative estimate of drug-likeness (QED) is 0.489. The molecule has 9 heteroatoms. The molecule has 0 spiro atoms. The number of carbonyl (C=O) groups is 2. The van der Waals surface area contributed by atoms with Gasteiger partial charge in [0.1, 0.15) is 5.52 Å². The monoisotopic (exact) mass is 438 g/mol.